The molecule has 18 heavy (non-hydrogen) atoms. The molecule has 0 aliphatic rings. The number of carbonyl (C=O) groups excluding carboxylic acids is 2. The standard InChI is InChI=1S/C15H26O3/c1-7-9-10-13(12(4)16)14(17)18-15(5,6)11(3)8-2/h10-11H,7-9H2,1-6H3/b13-10+. The van der Waals surface area contributed by atoms with Gasteiger partial charge >= 0.3 is 5.97 Å². The molecule has 0 spiro atoms. The maximum Gasteiger partial charge on any atom is 0.341 e. The van der Waals surface area contributed by atoms with Crippen LogP contribution in [-0.4, -0.2) is 17.4 Å². The van der Waals surface area contributed by atoms with E-state index in [0.29, 0.717) is 6.42 Å². The lowest BCUT2D eigenvalue weighted by Crippen LogP contribution is -2.36. The summed E-state index contributed by atoms with van der Waals surface area (Å²) in [4.78, 5) is 23.5. The number of carbonyl (C=O) groups is 2. The highest BCUT2D eigenvalue weighted by Crippen LogP contribution is 2.25. The van der Waals surface area contributed by atoms with Gasteiger partial charge in [-0.1, -0.05) is 33.3 Å². The molecule has 1 unspecified atom stereocenters. The van der Waals surface area contributed by atoms with Gasteiger partial charge < -0.3 is 4.74 Å². The summed E-state index contributed by atoms with van der Waals surface area (Å²) in [6.07, 6.45) is 4.22. The molecule has 0 bridgehead atoms. The molecule has 0 fully saturated rings. The van der Waals surface area contributed by atoms with Gasteiger partial charge in [0.05, 0.1) is 5.57 Å². The van der Waals surface area contributed by atoms with Gasteiger partial charge in [0.1, 0.15) is 5.60 Å². The third-order valence-corrected chi connectivity index (χ3v) is 3.39. The summed E-state index contributed by atoms with van der Waals surface area (Å²) in [6.45, 7) is 11.3. The van der Waals surface area contributed by atoms with E-state index in [-0.39, 0.29) is 17.3 Å². The zero-order valence-electron chi connectivity index (χ0n) is 12.5. The Balaban J connectivity index is 4.87. The number of ether oxygens (including phenoxy) is 1. The first-order valence-corrected chi connectivity index (χ1v) is 6.70. The highest BCUT2D eigenvalue weighted by molar-refractivity contribution is 6.16. The molecule has 0 saturated carbocycles. The Labute approximate surface area is 111 Å². The zero-order chi connectivity index (χ0) is 14.3. The van der Waals surface area contributed by atoms with Gasteiger partial charge in [-0.3, -0.25) is 4.79 Å². The first kappa shape index (κ1) is 16.9. The van der Waals surface area contributed by atoms with Crippen LogP contribution in [0.3, 0.4) is 0 Å². The van der Waals surface area contributed by atoms with Crippen molar-refractivity contribution in [3.8, 4) is 0 Å². The molecule has 0 aliphatic carbocycles. The molecular weight excluding hydrogens is 228 g/mol. The van der Waals surface area contributed by atoms with E-state index in [1.165, 1.54) is 6.92 Å². The minimum atomic E-state index is -0.549. The van der Waals surface area contributed by atoms with Gasteiger partial charge in [0.25, 0.3) is 0 Å². The quantitative estimate of drug-likeness (QED) is 0.301. The summed E-state index contributed by atoms with van der Waals surface area (Å²) in [5.41, 5.74) is -0.375. The van der Waals surface area contributed by atoms with E-state index >= 15 is 0 Å². The highest BCUT2D eigenvalue weighted by Gasteiger charge is 2.30. The van der Waals surface area contributed by atoms with E-state index in [0.717, 1.165) is 12.8 Å². The Morgan fingerprint density at radius 3 is 2.22 bits per heavy atom. The second-order valence-electron chi connectivity index (χ2n) is 5.26. The Bertz CT molecular complexity index is 327. The number of hydrogen-bond acceptors (Lipinski definition) is 3. The lowest BCUT2D eigenvalue weighted by Gasteiger charge is -2.31. The first-order valence-electron chi connectivity index (χ1n) is 6.70. The molecule has 0 saturated heterocycles. The number of unbranched alkanes of at least 4 members (excludes halogenated alkanes) is 1. The molecule has 1 atom stereocenters. The second kappa shape index (κ2) is 7.34. The van der Waals surface area contributed by atoms with Crippen LogP contribution in [0.1, 0.15) is 60.8 Å². The molecule has 0 aromatic carbocycles. The Hall–Kier alpha value is -1.12. The SMILES string of the molecule is CCC/C=C(\C(C)=O)C(=O)OC(C)(C)C(C)CC. The van der Waals surface area contributed by atoms with Crippen molar-refractivity contribution in [3.05, 3.63) is 11.6 Å². The van der Waals surface area contributed by atoms with Gasteiger partial charge in [0.15, 0.2) is 5.78 Å². The Morgan fingerprint density at radius 1 is 1.28 bits per heavy atom. The van der Waals surface area contributed by atoms with Crippen LogP contribution < -0.4 is 0 Å². The molecule has 3 heteroatoms. The predicted molar refractivity (Wildman–Crippen MR) is 73.3 cm³/mol. The normalized spacial score (nSPS) is 14.2. The summed E-state index contributed by atoms with van der Waals surface area (Å²) in [7, 11) is 0. The smallest absolute Gasteiger partial charge is 0.341 e. The number of ketones is 1. The molecule has 0 amide bonds. The fraction of sp³-hybridized carbons (Fsp3) is 0.733. The fourth-order valence-electron chi connectivity index (χ4n) is 1.55. The van der Waals surface area contributed by atoms with E-state index in [1.807, 2.05) is 27.7 Å². The van der Waals surface area contributed by atoms with Crippen molar-refractivity contribution in [3.63, 3.8) is 0 Å². The number of Topliss-reactive ketones (excluding diaryl/α,β-unsaturated/α-hetero) is 1. The molecule has 0 heterocycles. The molecule has 0 N–H and O–H groups in total. The largest absolute Gasteiger partial charge is 0.456 e. The van der Waals surface area contributed by atoms with Crippen molar-refractivity contribution >= 4 is 11.8 Å². The molecule has 0 radical (unpaired) electrons. The molecule has 3 nitrogen and oxygen atoms in total. The number of esters is 1. The van der Waals surface area contributed by atoms with Crippen molar-refractivity contribution in [2.24, 2.45) is 5.92 Å². The topological polar surface area (TPSA) is 43.4 Å². The van der Waals surface area contributed by atoms with Crippen molar-refractivity contribution in [1.82, 2.24) is 0 Å². The Kier molecular flexibility index (Phi) is 6.89. The number of rotatable bonds is 7. The fourth-order valence-corrected chi connectivity index (χ4v) is 1.55. The van der Waals surface area contributed by atoms with Crippen molar-refractivity contribution in [2.75, 3.05) is 0 Å². The van der Waals surface area contributed by atoms with E-state index in [9.17, 15) is 9.59 Å². The highest BCUT2D eigenvalue weighted by atomic mass is 16.6. The Morgan fingerprint density at radius 2 is 1.83 bits per heavy atom. The van der Waals surface area contributed by atoms with Crippen LogP contribution in [-0.2, 0) is 14.3 Å². The van der Waals surface area contributed by atoms with Crippen LogP contribution in [0.5, 0.6) is 0 Å². The minimum absolute atomic E-state index is 0.174. The second-order valence-corrected chi connectivity index (χ2v) is 5.26. The first-order chi connectivity index (χ1) is 8.26. The van der Waals surface area contributed by atoms with Crippen LogP contribution in [0.4, 0.5) is 0 Å². The van der Waals surface area contributed by atoms with Gasteiger partial charge in [0, 0.05) is 0 Å². The van der Waals surface area contributed by atoms with E-state index < -0.39 is 11.6 Å². The minimum Gasteiger partial charge on any atom is -0.456 e. The van der Waals surface area contributed by atoms with E-state index in [2.05, 4.69) is 6.92 Å². The van der Waals surface area contributed by atoms with Crippen LogP contribution in [0.15, 0.2) is 11.6 Å². The summed E-state index contributed by atoms with van der Waals surface area (Å²) in [5.74, 6) is -0.476. The monoisotopic (exact) mass is 254 g/mol. The molecule has 104 valence electrons. The summed E-state index contributed by atoms with van der Waals surface area (Å²) < 4.78 is 5.48. The summed E-state index contributed by atoms with van der Waals surface area (Å²) in [6, 6.07) is 0. The van der Waals surface area contributed by atoms with E-state index in [4.69, 9.17) is 4.74 Å². The maximum atomic E-state index is 12.0. The third-order valence-electron chi connectivity index (χ3n) is 3.39. The van der Waals surface area contributed by atoms with E-state index in [1.54, 1.807) is 6.08 Å². The molecular formula is C15H26O3. The van der Waals surface area contributed by atoms with Crippen molar-refractivity contribution in [1.29, 1.82) is 0 Å². The van der Waals surface area contributed by atoms with Crippen molar-refractivity contribution < 1.29 is 14.3 Å². The number of allylic oxidation sites excluding steroid dienone is 1. The maximum absolute atomic E-state index is 12.0. The van der Waals surface area contributed by atoms with Gasteiger partial charge in [0.2, 0.25) is 0 Å². The lowest BCUT2D eigenvalue weighted by molar-refractivity contribution is -0.156. The average Bonchev–Trinajstić information content (AvgIpc) is 2.27. The predicted octanol–water partition coefficient (Wildman–Crippen LogP) is 3.67. The lowest BCUT2D eigenvalue weighted by atomic mass is 9.90. The summed E-state index contributed by atoms with van der Waals surface area (Å²) in [5, 5.41) is 0. The van der Waals surface area contributed by atoms with Crippen LogP contribution in [0, 0.1) is 5.92 Å². The average molecular weight is 254 g/mol. The van der Waals surface area contributed by atoms with Gasteiger partial charge in [-0.05, 0) is 39.5 Å². The third kappa shape index (κ3) is 5.03. The van der Waals surface area contributed by atoms with Crippen LogP contribution in [0.25, 0.3) is 0 Å². The van der Waals surface area contributed by atoms with Crippen molar-refractivity contribution in [2.45, 2.75) is 66.4 Å². The van der Waals surface area contributed by atoms with Crippen LogP contribution >= 0.6 is 0 Å². The summed E-state index contributed by atoms with van der Waals surface area (Å²) >= 11 is 0. The zero-order valence-corrected chi connectivity index (χ0v) is 12.5. The van der Waals surface area contributed by atoms with Gasteiger partial charge in [-0.25, -0.2) is 4.79 Å². The molecule has 0 aliphatic heterocycles. The number of hydrogen-bond donors (Lipinski definition) is 0. The van der Waals surface area contributed by atoms with Gasteiger partial charge in [-0.15, -0.1) is 0 Å². The van der Waals surface area contributed by atoms with Gasteiger partial charge in [-0.2, -0.15) is 0 Å². The van der Waals surface area contributed by atoms with Crippen LogP contribution in [0.2, 0.25) is 0 Å². The molecule has 0 rings (SSSR count). The molecule has 0 aromatic rings. The molecule has 0 aromatic heterocycles.